The van der Waals surface area contributed by atoms with E-state index >= 15 is 0 Å². The maximum atomic E-state index is 13.0. The lowest BCUT2D eigenvalue weighted by atomic mass is 10.1. The predicted molar refractivity (Wildman–Crippen MR) is 128 cm³/mol. The highest BCUT2D eigenvalue weighted by Gasteiger charge is 2.29. The van der Waals surface area contributed by atoms with Crippen molar-refractivity contribution in [1.29, 1.82) is 0 Å². The smallest absolute Gasteiger partial charge is 0.335 e. The Balaban J connectivity index is 1.95. The number of anilines is 1. The van der Waals surface area contributed by atoms with Crippen LogP contribution in [0.15, 0.2) is 47.1 Å². The van der Waals surface area contributed by atoms with Gasteiger partial charge in [0.1, 0.15) is 0 Å². The third-order valence-electron chi connectivity index (χ3n) is 4.49. The molecule has 2 aromatic rings. The number of hydrogen-bond acceptors (Lipinski definition) is 5. The van der Waals surface area contributed by atoms with Crippen molar-refractivity contribution in [2.24, 2.45) is 5.10 Å². The van der Waals surface area contributed by atoms with E-state index in [-0.39, 0.29) is 11.5 Å². The summed E-state index contributed by atoms with van der Waals surface area (Å²) in [5.41, 5.74) is 2.26. The first-order valence-electron chi connectivity index (χ1n) is 9.89. The number of benzene rings is 2. The van der Waals surface area contributed by atoms with E-state index in [1.165, 1.54) is 17.1 Å². The first-order chi connectivity index (χ1) is 14.8. The molecule has 0 unspecified atom stereocenters. The summed E-state index contributed by atoms with van der Waals surface area (Å²) in [6.45, 7) is 6.77. The van der Waals surface area contributed by atoms with Crippen molar-refractivity contribution in [3.8, 4) is 11.5 Å². The first-order valence-corrected chi connectivity index (χ1v) is 11.0. The van der Waals surface area contributed by atoms with Crippen LogP contribution < -0.4 is 14.5 Å². The van der Waals surface area contributed by atoms with Crippen molar-refractivity contribution < 1.29 is 24.2 Å². The number of rotatable bonds is 8. The summed E-state index contributed by atoms with van der Waals surface area (Å²) in [5, 5.41) is 14.8. The molecule has 0 bridgehead atoms. The molecule has 8 heteroatoms. The zero-order valence-corrected chi connectivity index (χ0v) is 19.7. The minimum atomic E-state index is -1.06. The molecule has 0 atom stereocenters. The van der Waals surface area contributed by atoms with Gasteiger partial charge in [-0.2, -0.15) is 10.1 Å². The maximum absolute atomic E-state index is 13.0. The van der Waals surface area contributed by atoms with E-state index in [0.717, 1.165) is 15.6 Å². The highest BCUT2D eigenvalue weighted by atomic mass is 127. The average Bonchev–Trinajstić information content (AvgIpc) is 3.02. The summed E-state index contributed by atoms with van der Waals surface area (Å²) in [7, 11) is 0. The summed E-state index contributed by atoms with van der Waals surface area (Å²) in [6.07, 6.45) is 2.65. The maximum Gasteiger partial charge on any atom is 0.335 e. The summed E-state index contributed by atoms with van der Waals surface area (Å²) < 4.78 is 12.5. The van der Waals surface area contributed by atoms with Gasteiger partial charge >= 0.3 is 5.97 Å². The predicted octanol–water partition coefficient (Wildman–Crippen LogP) is 4.98. The van der Waals surface area contributed by atoms with E-state index in [2.05, 4.69) is 27.7 Å². The summed E-state index contributed by atoms with van der Waals surface area (Å²) in [5.74, 6) is -0.0601. The molecule has 31 heavy (non-hydrogen) atoms. The number of carbonyl (C=O) groups is 2. The molecule has 2 aromatic carbocycles. The van der Waals surface area contributed by atoms with Crippen LogP contribution in [-0.2, 0) is 4.79 Å². The summed E-state index contributed by atoms with van der Waals surface area (Å²) >= 11 is 2.20. The van der Waals surface area contributed by atoms with Crippen molar-refractivity contribution in [2.75, 3.05) is 18.2 Å². The van der Waals surface area contributed by atoms with Crippen LogP contribution in [0.2, 0.25) is 0 Å². The second kappa shape index (κ2) is 9.95. The first kappa shape index (κ1) is 22.8. The van der Waals surface area contributed by atoms with Crippen molar-refractivity contribution in [2.45, 2.75) is 27.2 Å². The minimum absolute atomic E-state index is 0.0918. The number of hydrazone groups is 1. The number of halogens is 1. The second-order valence-corrected chi connectivity index (χ2v) is 7.99. The lowest BCUT2D eigenvalue weighted by Crippen LogP contribution is -2.21. The molecule has 162 valence electrons. The standard InChI is InChI=1S/C23H23IN2O5/c1-4-9-31-21-19(24)11-15(12-20(21)30-5-2)10-18-14(3)25-26(22(18)27)17-8-6-7-16(13-17)23(28)29/h6-8,10-13H,4-5,9H2,1-3H3,(H,28,29)/b18-10-. The summed E-state index contributed by atoms with van der Waals surface area (Å²) in [4.78, 5) is 24.3. The van der Waals surface area contributed by atoms with Gasteiger partial charge in [-0.15, -0.1) is 0 Å². The Morgan fingerprint density at radius 3 is 2.68 bits per heavy atom. The van der Waals surface area contributed by atoms with Gasteiger partial charge in [0.25, 0.3) is 5.91 Å². The summed E-state index contributed by atoms with van der Waals surface area (Å²) in [6, 6.07) is 9.91. The van der Waals surface area contributed by atoms with Gasteiger partial charge in [-0.1, -0.05) is 13.0 Å². The molecule has 1 N–H and O–H groups in total. The van der Waals surface area contributed by atoms with Gasteiger partial charge < -0.3 is 14.6 Å². The number of carbonyl (C=O) groups excluding carboxylic acids is 1. The molecule has 0 aromatic heterocycles. The van der Waals surface area contributed by atoms with Crippen LogP contribution in [-0.4, -0.2) is 35.9 Å². The van der Waals surface area contributed by atoms with E-state index in [4.69, 9.17) is 9.47 Å². The Morgan fingerprint density at radius 1 is 1.23 bits per heavy atom. The molecule has 3 rings (SSSR count). The van der Waals surface area contributed by atoms with Crippen LogP contribution in [0.5, 0.6) is 11.5 Å². The highest BCUT2D eigenvalue weighted by Crippen LogP contribution is 2.36. The molecule has 7 nitrogen and oxygen atoms in total. The van der Waals surface area contributed by atoms with Crippen LogP contribution in [0, 0.1) is 3.57 Å². The average molecular weight is 534 g/mol. The molecule has 0 aliphatic carbocycles. The van der Waals surface area contributed by atoms with Crippen molar-refractivity contribution >= 4 is 51.9 Å². The lowest BCUT2D eigenvalue weighted by molar-refractivity contribution is -0.114. The number of carboxylic acids is 1. The van der Waals surface area contributed by atoms with E-state index in [1.807, 2.05) is 26.0 Å². The molecule has 1 aliphatic rings. The quantitative estimate of drug-likeness (QED) is 0.381. The number of ether oxygens (including phenoxy) is 2. The minimum Gasteiger partial charge on any atom is -0.490 e. The number of aromatic carboxylic acids is 1. The van der Waals surface area contributed by atoms with Crippen LogP contribution in [0.3, 0.4) is 0 Å². The van der Waals surface area contributed by atoms with Crippen LogP contribution >= 0.6 is 22.6 Å². The number of carboxylic acid groups (broad SMARTS) is 1. The van der Waals surface area contributed by atoms with Crippen molar-refractivity contribution in [3.05, 3.63) is 56.7 Å². The molecule has 0 saturated carbocycles. The van der Waals surface area contributed by atoms with Crippen molar-refractivity contribution in [3.63, 3.8) is 0 Å². The fraction of sp³-hybridized carbons (Fsp3) is 0.261. The Hall–Kier alpha value is -2.88. The number of amides is 1. The van der Waals surface area contributed by atoms with Gasteiger partial charge in [-0.05, 0) is 84.8 Å². The van der Waals surface area contributed by atoms with E-state index in [9.17, 15) is 14.7 Å². The highest BCUT2D eigenvalue weighted by molar-refractivity contribution is 14.1. The van der Waals surface area contributed by atoms with Crippen LogP contribution in [0.25, 0.3) is 6.08 Å². The molecule has 0 saturated heterocycles. The van der Waals surface area contributed by atoms with Gasteiger partial charge in [0.05, 0.1) is 39.3 Å². The fourth-order valence-electron chi connectivity index (χ4n) is 3.08. The van der Waals surface area contributed by atoms with Gasteiger partial charge in [-0.3, -0.25) is 4.79 Å². The fourth-order valence-corrected chi connectivity index (χ4v) is 3.86. The third-order valence-corrected chi connectivity index (χ3v) is 5.29. The van der Waals surface area contributed by atoms with Gasteiger partial charge in [0, 0.05) is 0 Å². The lowest BCUT2D eigenvalue weighted by Gasteiger charge is -2.14. The van der Waals surface area contributed by atoms with E-state index in [0.29, 0.717) is 41.7 Å². The zero-order chi connectivity index (χ0) is 22.5. The molecular formula is C23H23IN2O5. The largest absolute Gasteiger partial charge is 0.490 e. The van der Waals surface area contributed by atoms with Gasteiger partial charge in [0.15, 0.2) is 11.5 Å². The second-order valence-electron chi connectivity index (χ2n) is 6.83. The topological polar surface area (TPSA) is 88.4 Å². The monoisotopic (exact) mass is 534 g/mol. The molecule has 1 amide bonds. The Morgan fingerprint density at radius 2 is 2.00 bits per heavy atom. The Bertz CT molecular complexity index is 1080. The molecule has 1 aliphatic heterocycles. The molecule has 0 fully saturated rings. The number of hydrogen-bond donors (Lipinski definition) is 1. The SMILES string of the molecule is CCCOc1c(I)cc(/C=C2\C(=O)N(c3cccc(C(=O)O)c3)N=C2C)cc1OCC. The Kier molecular flexibility index (Phi) is 7.32. The molecule has 1 heterocycles. The van der Waals surface area contributed by atoms with Crippen LogP contribution in [0.1, 0.15) is 43.1 Å². The third kappa shape index (κ3) is 5.07. The zero-order valence-electron chi connectivity index (χ0n) is 17.5. The Labute approximate surface area is 194 Å². The van der Waals surface area contributed by atoms with E-state index < -0.39 is 5.97 Å². The van der Waals surface area contributed by atoms with Gasteiger partial charge in [0.2, 0.25) is 0 Å². The number of nitrogens with zero attached hydrogens (tertiary/aromatic N) is 2. The normalized spacial score (nSPS) is 14.7. The molecule has 0 spiro atoms. The van der Waals surface area contributed by atoms with Crippen LogP contribution in [0.4, 0.5) is 5.69 Å². The van der Waals surface area contributed by atoms with Crippen molar-refractivity contribution in [1.82, 2.24) is 0 Å². The molecular weight excluding hydrogens is 511 g/mol. The molecule has 0 radical (unpaired) electrons. The van der Waals surface area contributed by atoms with E-state index in [1.54, 1.807) is 25.1 Å². The van der Waals surface area contributed by atoms with Gasteiger partial charge in [-0.25, -0.2) is 4.79 Å².